The van der Waals surface area contributed by atoms with Gasteiger partial charge in [0.1, 0.15) is 6.23 Å². The molecule has 0 aromatic heterocycles. The summed E-state index contributed by atoms with van der Waals surface area (Å²) in [5, 5.41) is 22.0. The average molecular weight is 263 g/mol. The van der Waals surface area contributed by atoms with Crippen molar-refractivity contribution < 1.29 is 10.2 Å². The summed E-state index contributed by atoms with van der Waals surface area (Å²) >= 11 is 0. The molecule has 0 aromatic rings. The molecule has 0 saturated carbocycles. The fourth-order valence-corrected chi connectivity index (χ4v) is 1.71. The van der Waals surface area contributed by atoms with Crippen LogP contribution in [-0.2, 0) is 0 Å². The molecule has 3 heteroatoms. The average Bonchev–Trinajstić information content (AvgIpc) is 2.61. The van der Waals surface area contributed by atoms with Gasteiger partial charge in [0.2, 0.25) is 0 Å². The molecule has 1 aliphatic carbocycles. The highest BCUT2D eigenvalue weighted by molar-refractivity contribution is 5.37. The Morgan fingerprint density at radius 3 is 2.74 bits per heavy atom. The second kappa shape index (κ2) is 8.10. The summed E-state index contributed by atoms with van der Waals surface area (Å²) in [6, 6.07) is -0.118. The molecule has 1 rings (SSSR count). The van der Waals surface area contributed by atoms with E-state index in [1.54, 1.807) is 0 Å². The van der Waals surface area contributed by atoms with Gasteiger partial charge in [-0.15, -0.1) is 0 Å². The molecular weight excluding hydrogens is 238 g/mol. The van der Waals surface area contributed by atoms with Gasteiger partial charge in [-0.1, -0.05) is 50.3 Å². The van der Waals surface area contributed by atoms with Gasteiger partial charge in [-0.25, -0.2) is 0 Å². The van der Waals surface area contributed by atoms with Gasteiger partial charge in [0.15, 0.2) is 0 Å². The molecule has 0 spiro atoms. The third kappa shape index (κ3) is 6.01. The predicted molar refractivity (Wildman–Crippen MR) is 79.6 cm³/mol. The fourth-order valence-electron chi connectivity index (χ4n) is 1.71. The Bertz CT molecular complexity index is 392. The molecule has 2 unspecified atom stereocenters. The van der Waals surface area contributed by atoms with Crippen LogP contribution in [0.3, 0.4) is 0 Å². The largest absolute Gasteiger partial charge is 0.395 e. The highest BCUT2D eigenvalue weighted by Gasteiger charge is 2.12. The quantitative estimate of drug-likeness (QED) is 0.645. The van der Waals surface area contributed by atoms with Gasteiger partial charge in [0.25, 0.3) is 0 Å². The zero-order chi connectivity index (χ0) is 14.3. The van der Waals surface area contributed by atoms with Crippen LogP contribution in [0.4, 0.5) is 0 Å². The van der Waals surface area contributed by atoms with Crippen molar-refractivity contribution in [3.05, 3.63) is 47.6 Å². The standard InChI is InChI=1S/C16H25NO2/c1-12(2)7-8-14-5-4-6-15(10-9-14)16(19)17-13(3)11-18/h4-9,12-13,16-19H,10-11H2,1-3H3. The third-order valence-corrected chi connectivity index (χ3v) is 2.91. The number of rotatable bonds is 6. The van der Waals surface area contributed by atoms with Crippen LogP contribution in [-0.4, -0.2) is 29.1 Å². The van der Waals surface area contributed by atoms with Gasteiger partial charge in [-0.2, -0.15) is 0 Å². The van der Waals surface area contributed by atoms with Crippen LogP contribution in [0.15, 0.2) is 47.6 Å². The summed E-state index contributed by atoms with van der Waals surface area (Å²) in [7, 11) is 0. The number of hydrogen-bond donors (Lipinski definition) is 3. The lowest BCUT2D eigenvalue weighted by Crippen LogP contribution is -2.39. The summed E-state index contributed by atoms with van der Waals surface area (Å²) in [6.07, 6.45) is 12.3. The van der Waals surface area contributed by atoms with Crippen LogP contribution in [0.1, 0.15) is 27.2 Å². The van der Waals surface area contributed by atoms with E-state index in [0.29, 0.717) is 12.3 Å². The molecule has 1 aliphatic rings. The van der Waals surface area contributed by atoms with Crippen molar-refractivity contribution in [2.45, 2.75) is 39.5 Å². The van der Waals surface area contributed by atoms with Gasteiger partial charge >= 0.3 is 0 Å². The monoisotopic (exact) mass is 263 g/mol. The maximum Gasteiger partial charge on any atom is 0.127 e. The van der Waals surface area contributed by atoms with Gasteiger partial charge in [0, 0.05) is 6.04 Å². The number of aliphatic hydroxyl groups excluding tert-OH is 2. The SMILES string of the molecule is CC(C)C=CC1=CCC(C(O)NC(C)CO)=CC=C1. The van der Waals surface area contributed by atoms with Crippen molar-refractivity contribution in [2.75, 3.05) is 6.61 Å². The normalized spacial score (nSPS) is 19.3. The molecule has 0 amide bonds. The van der Waals surface area contributed by atoms with Crippen LogP contribution < -0.4 is 5.32 Å². The summed E-state index contributed by atoms with van der Waals surface area (Å²) in [6.45, 7) is 6.14. The summed E-state index contributed by atoms with van der Waals surface area (Å²) < 4.78 is 0. The third-order valence-electron chi connectivity index (χ3n) is 2.91. The summed E-state index contributed by atoms with van der Waals surface area (Å²) in [5.74, 6) is 0.530. The molecule has 0 fully saturated rings. The Balaban J connectivity index is 2.62. The van der Waals surface area contributed by atoms with E-state index in [1.165, 1.54) is 0 Å². The number of hydrogen-bond acceptors (Lipinski definition) is 3. The first-order valence-corrected chi connectivity index (χ1v) is 6.83. The van der Waals surface area contributed by atoms with Gasteiger partial charge < -0.3 is 10.2 Å². The van der Waals surface area contributed by atoms with Crippen LogP contribution >= 0.6 is 0 Å². The molecule has 106 valence electrons. The van der Waals surface area contributed by atoms with Crippen molar-refractivity contribution in [1.82, 2.24) is 5.32 Å². The fraction of sp³-hybridized carbons (Fsp3) is 0.500. The van der Waals surface area contributed by atoms with Crippen molar-refractivity contribution in [2.24, 2.45) is 5.92 Å². The number of aliphatic hydroxyl groups is 2. The maximum atomic E-state index is 10.0. The first-order chi connectivity index (χ1) is 9.02. The Morgan fingerprint density at radius 2 is 2.11 bits per heavy atom. The molecule has 0 aliphatic heterocycles. The van der Waals surface area contributed by atoms with Crippen molar-refractivity contribution in [3.8, 4) is 0 Å². The zero-order valence-electron chi connectivity index (χ0n) is 12.0. The Morgan fingerprint density at radius 1 is 1.37 bits per heavy atom. The zero-order valence-corrected chi connectivity index (χ0v) is 12.0. The highest BCUT2D eigenvalue weighted by Crippen LogP contribution is 2.16. The molecule has 19 heavy (non-hydrogen) atoms. The van der Waals surface area contributed by atoms with E-state index in [0.717, 1.165) is 11.1 Å². The molecule has 3 N–H and O–H groups in total. The van der Waals surface area contributed by atoms with Crippen LogP contribution in [0, 0.1) is 5.92 Å². The van der Waals surface area contributed by atoms with Crippen LogP contribution in [0.2, 0.25) is 0 Å². The predicted octanol–water partition coefficient (Wildman–Crippen LogP) is 2.30. The topological polar surface area (TPSA) is 52.5 Å². The summed E-state index contributed by atoms with van der Waals surface area (Å²) in [5.41, 5.74) is 2.06. The Hall–Kier alpha value is -1.16. The second-order valence-corrected chi connectivity index (χ2v) is 5.26. The van der Waals surface area contributed by atoms with E-state index in [-0.39, 0.29) is 12.6 Å². The maximum absolute atomic E-state index is 10.0. The molecule has 0 heterocycles. The van der Waals surface area contributed by atoms with E-state index in [2.05, 4.69) is 37.4 Å². The molecule has 3 nitrogen and oxygen atoms in total. The molecule has 0 aromatic carbocycles. The first-order valence-electron chi connectivity index (χ1n) is 6.83. The Labute approximate surface area is 116 Å². The second-order valence-electron chi connectivity index (χ2n) is 5.26. The highest BCUT2D eigenvalue weighted by atomic mass is 16.3. The van der Waals surface area contributed by atoms with Crippen molar-refractivity contribution in [1.29, 1.82) is 0 Å². The lowest BCUT2D eigenvalue weighted by atomic mass is 10.1. The minimum atomic E-state index is -0.712. The lowest BCUT2D eigenvalue weighted by molar-refractivity contribution is 0.135. The molecule has 0 saturated heterocycles. The minimum Gasteiger partial charge on any atom is -0.395 e. The van der Waals surface area contributed by atoms with E-state index in [9.17, 15) is 5.11 Å². The molecular formula is C16H25NO2. The first kappa shape index (κ1) is 15.9. The molecule has 2 atom stereocenters. The minimum absolute atomic E-state index is 0.0123. The van der Waals surface area contributed by atoms with Crippen LogP contribution in [0.25, 0.3) is 0 Å². The van der Waals surface area contributed by atoms with Gasteiger partial charge in [0.05, 0.1) is 6.61 Å². The molecule has 0 bridgehead atoms. The van der Waals surface area contributed by atoms with E-state index in [1.807, 2.05) is 25.2 Å². The number of nitrogens with one attached hydrogen (secondary N) is 1. The van der Waals surface area contributed by atoms with Crippen LogP contribution in [0.5, 0.6) is 0 Å². The van der Waals surface area contributed by atoms with E-state index < -0.39 is 6.23 Å². The van der Waals surface area contributed by atoms with E-state index >= 15 is 0 Å². The van der Waals surface area contributed by atoms with Crippen molar-refractivity contribution >= 4 is 0 Å². The van der Waals surface area contributed by atoms with Gasteiger partial charge in [-0.05, 0) is 30.4 Å². The Kier molecular flexibility index (Phi) is 6.78. The van der Waals surface area contributed by atoms with Crippen molar-refractivity contribution in [3.63, 3.8) is 0 Å². The lowest BCUT2D eigenvalue weighted by Gasteiger charge is -2.19. The smallest absolute Gasteiger partial charge is 0.127 e. The summed E-state index contributed by atoms with van der Waals surface area (Å²) in [4.78, 5) is 0. The molecule has 0 radical (unpaired) electrons. The van der Waals surface area contributed by atoms with E-state index in [4.69, 9.17) is 5.11 Å². The van der Waals surface area contributed by atoms with Gasteiger partial charge in [-0.3, -0.25) is 5.32 Å². The number of allylic oxidation sites excluding steroid dienone is 7.